The van der Waals surface area contributed by atoms with Gasteiger partial charge in [-0.3, -0.25) is 4.79 Å². The van der Waals surface area contributed by atoms with Gasteiger partial charge in [0, 0.05) is 17.6 Å². The van der Waals surface area contributed by atoms with Crippen LogP contribution in [-0.2, 0) is 14.8 Å². The van der Waals surface area contributed by atoms with E-state index in [0.717, 1.165) is 0 Å². The van der Waals surface area contributed by atoms with E-state index in [4.69, 9.17) is 9.47 Å². The van der Waals surface area contributed by atoms with Crippen molar-refractivity contribution in [1.29, 1.82) is 0 Å². The molecule has 124 valence electrons. The van der Waals surface area contributed by atoms with Crippen LogP contribution in [0.1, 0.15) is 0 Å². The third-order valence-electron chi connectivity index (χ3n) is 2.77. The Morgan fingerprint density at radius 1 is 1.26 bits per heavy atom. The molecular weight excluding hydrogens is 342 g/mol. The SMILES string of the molecule is COc1ccc(S(=O)(=O)NCC(=O)Nc2nccs2)cc1OC. The van der Waals surface area contributed by atoms with Gasteiger partial charge in [0.05, 0.1) is 25.7 Å². The number of methoxy groups -OCH3 is 2. The average molecular weight is 357 g/mol. The molecule has 1 aromatic carbocycles. The van der Waals surface area contributed by atoms with Gasteiger partial charge in [-0.1, -0.05) is 0 Å². The number of nitrogens with zero attached hydrogens (tertiary/aromatic N) is 1. The molecule has 0 fully saturated rings. The molecule has 0 saturated heterocycles. The summed E-state index contributed by atoms with van der Waals surface area (Å²) in [6, 6.07) is 4.16. The zero-order valence-electron chi connectivity index (χ0n) is 12.4. The molecule has 0 spiro atoms. The molecule has 0 unspecified atom stereocenters. The van der Waals surface area contributed by atoms with Crippen LogP contribution in [0.5, 0.6) is 11.5 Å². The lowest BCUT2D eigenvalue weighted by atomic mass is 10.3. The molecule has 2 N–H and O–H groups in total. The number of benzene rings is 1. The maximum absolute atomic E-state index is 12.2. The summed E-state index contributed by atoms with van der Waals surface area (Å²) in [6.07, 6.45) is 1.54. The number of hydrogen-bond acceptors (Lipinski definition) is 7. The third kappa shape index (κ3) is 4.41. The van der Waals surface area contributed by atoms with Crippen LogP contribution in [0, 0.1) is 0 Å². The van der Waals surface area contributed by atoms with E-state index in [9.17, 15) is 13.2 Å². The predicted octanol–water partition coefficient (Wildman–Crippen LogP) is 1.08. The van der Waals surface area contributed by atoms with Crippen LogP contribution < -0.4 is 19.5 Å². The quantitative estimate of drug-likeness (QED) is 0.768. The molecule has 1 heterocycles. The molecule has 0 aliphatic heterocycles. The first kappa shape index (κ1) is 17.2. The van der Waals surface area contributed by atoms with Gasteiger partial charge in [-0.05, 0) is 12.1 Å². The van der Waals surface area contributed by atoms with Gasteiger partial charge in [0.25, 0.3) is 0 Å². The second-order valence-corrected chi connectivity index (χ2v) is 6.89. The van der Waals surface area contributed by atoms with Crippen molar-refractivity contribution in [2.75, 3.05) is 26.1 Å². The Morgan fingerprint density at radius 3 is 2.61 bits per heavy atom. The first-order chi connectivity index (χ1) is 11.0. The summed E-state index contributed by atoms with van der Waals surface area (Å²) < 4.78 is 36.7. The smallest absolute Gasteiger partial charge is 0.241 e. The van der Waals surface area contributed by atoms with Crippen LogP contribution in [0.4, 0.5) is 5.13 Å². The highest BCUT2D eigenvalue weighted by atomic mass is 32.2. The lowest BCUT2D eigenvalue weighted by Gasteiger charge is -2.10. The number of hydrogen-bond donors (Lipinski definition) is 2. The Labute approximate surface area is 137 Å². The van der Waals surface area contributed by atoms with Crippen molar-refractivity contribution < 1.29 is 22.7 Å². The van der Waals surface area contributed by atoms with Crippen molar-refractivity contribution in [3.63, 3.8) is 0 Å². The predicted molar refractivity (Wildman–Crippen MR) is 85.5 cm³/mol. The first-order valence-corrected chi connectivity index (χ1v) is 8.73. The molecule has 0 aliphatic rings. The van der Waals surface area contributed by atoms with Crippen molar-refractivity contribution in [3.8, 4) is 11.5 Å². The Balaban J connectivity index is 2.05. The highest BCUT2D eigenvalue weighted by Crippen LogP contribution is 2.29. The van der Waals surface area contributed by atoms with Crippen LogP contribution >= 0.6 is 11.3 Å². The van der Waals surface area contributed by atoms with E-state index in [-0.39, 0.29) is 10.6 Å². The summed E-state index contributed by atoms with van der Waals surface area (Å²) in [4.78, 5) is 15.5. The molecule has 0 atom stereocenters. The van der Waals surface area contributed by atoms with Crippen LogP contribution in [0.25, 0.3) is 0 Å². The highest BCUT2D eigenvalue weighted by molar-refractivity contribution is 7.89. The zero-order valence-corrected chi connectivity index (χ0v) is 14.0. The van der Waals surface area contributed by atoms with E-state index in [2.05, 4.69) is 15.0 Å². The topological polar surface area (TPSA) is 107 Å². The number of carbonyl (C=O) groups excluding carboxylic acids is 1. The largest absolute Gasteiger partial charge is 0.493 e. The Hall–Kier alpha value is -2.17. The average Bonchev–Trinajstić information content (AvgIpc) is 3.05. The fourth-order valence-electron chi connectivity index (χ4n) is 1.68. The molecule has 8 nitrogen and oxygen atoms in total. The fraction of sp³-hybridized carbons (Fsp3) is 0.231. The Morgan fingerprint density at radius 2 is 2.00 bits per heavy atom. The number of carbonyl (C=O) groups is 1. The molecule has 10 heteroatoms. The van der Waals surface area contributed by atoms with E-state index in [1.54, 1.807) is 5.38 Å². The second kappa shape index (κ2) is 7.40. The molecule has 0 radical (unpaired) electrons. The summed E-state index contributed by atoms with van der Waals surface area (Å²) in [6.45, 7) is -0.406. The van der Waals surface area contributed by atoms with Crippen LogP contribution in [0.2, 0.25) is 0 Å². The zero-order chi connectivity index (χ0) is 16.9. The number of amides is 1. The van der Waals surface area contributed by atoms with E-state index in [1.807, 2.05) is 0 Å². The van der Waals surface area contributed by atoms with Gasteiger partial charge in [0.1, 0.15) is 0 Å². The molecule has 2 rings (SSSR count). The Bertz CT molecular complexity index is 775. The van der Waals surface area contributed by atoms with Crippen LogP contribution in [-0.4, -0.2) is 40.1 Å². The summed E-state index contributed by atoms with van der Waals surface area (Å²) in [5, 5.41) is 4.58. The number of sulfonamides is 1. The summed E-state index contributed by atoms with van der Waals surface area (Å²) in [5.41, 5.74) is 0. The van der Waals surface area contributed by atoms with Gasteiger partial charge < -0.3 is 14.8 Å². The van der Waals surface area contributed by atoms with E-state index in [1.165, 1.54) is 50.0 Å². The molecule has 2 aromatic rings. The van der Waals surface area contributed by atoms with Crippen molar-refractivity contribution in [2.24, 2.45) is 0 Å². The molecule has 0 aliphatic carbocycles. The van der Waals surface area contributed by atoms with Gasteiger partial charge in [0.2, 0.25) is 15.9 Å². The monoisotopic (exact) mass is 357 g/mol. The normalized spacial score (nSPS) is 11.0. The number of anilines is 1. The number of aromatic nitrogens is 1. The maximum Gasteiger partial charge on any atom is 0.241 e. The lowest BCUT2D eigenvalue weighted by Crippen LogP contribution is -2.32. The molecule has 1 aromatic heterocycles. The second-order valence-electron chi connectivity index (χ2n) is 4.23. The lowest BCUT2D eigenvalue weighted by molar-refractivity contribution is -0.115. The van der Waals surface area contributed by atoms with Crippen molar-refractivity contribution in [3.05, 3.63) is 29.8 Å². The minimum atomic E-state index is -3.86. The summed E-state index contributed by atoms with van der Waals surface area (Å²) in [5.74, 6) is 0.180. The molecule has 23 heavy (non-hydrogen) atoms. The van der Waals surface area contributed by atoms with Crippen LogP contribution in [0.15, 0.2) is 34.7 Å². The molecular formula is C13H15N3O5S2. The maximum atomic E-state index is 12.2. The standard InChI is InChI=1S/C13H15N3O5S2/c1-20-10-4-3-9(7-11(10)21-2)23(18,19)15-8-12(17)16-13-14-5-6-22-13/h3-7,15H,8H2,1-2H3,(H,14,16,17). The van der Waals surface area contributed by atoms with Gasteiger partial charge in [-0.2, -0.15) is 0 Å². The minimum Gasteiger partial charge on any atom is -0.493 e. The highest BCUT2D eigenvalue weighted by Gasteiger charge is 2.18. The third-order valence-corrected chi connectivity index (χ3v) is 4.85. The van der Waals surface area contributed by atoms with Crippen molar-refractivity contribution in [1.82, 2.24) is 9.71 Å². The summed E-state index contributed by atoms with van der Waals surface area (Å²) in [7, 11) is -0.998. The van der Waals surface area contributed by atoms with Gasteiger partial charge in [-0.15, -0.1) is 11.3 Å². The minimum absolute atomic E-state index is 0.0304. The van der Waals surface area contributed by atoms with E-state index in [0.29, 0.717) is 10.9 Å². The van der Waals surface area contributed by atoms with Crippen LogP contribution in [0.3, 0.4) is 0 Å². The summed E-state index contributed by atoms with van der Waals surface area (Å²) >= 11 is 1.24. The van der Waals surface area contributed by atoms with Gasteiger partial charge >= 0.3 is 0 Å². The van der Waals surface area contributed by atoms with Gasteiger partial charge in [-0.25, -0.2) is 18.1 Å². The molecule has 0 bridgehead atoms. The molecule has 1 amide bonds. The van der Waals surface area contributed by atoms with Gasteiger partial charge in [0.15, 0.2) is 16.6 Å². The van der Waals surface area contributed by atoms with Crippen molar-refractivity contribution >= 4 is 32.4 Å². The number of thiazole rings is 1. The number of ether oxygens (including phenoxy) is 2. The van der Waals surface area contributed by atoms with Crippen molar-refractivity contribution in [2.45, 2.75) is 4.90 Å². The number of nitrogens with one attached hydrogen (secondary N) is 2. The number of rotatable bonds is 7. The molecule has 0 saturated carbocycles. The fourth-order valence-corrected chi connectivity index (χ4v) is 3.22. The van der Waals surface area contributed by atoms with E-state index >= 15 is 0 Å². The first-order valence-electron chi connectivity index (χ1n) is 6.37. The van der Waals surface area contributed by atoms with E-state index < -0.39 is 22.5 Å². The Kier molecular flexibility index (Phi) is 5.53.